The van der Waals surface area contributed by atoms with Crippen molar-refractivity contribution >= 4 is 21.9 Å². The maximum atomic E-state index is 9.76. The molecule has 3 aromatic heterocycles. The molecule has 3 heterocycles. The predicted octanol–water partition coefficient (Wildman–Crippen LogP) is 13.4. The van der Waals surface area contributed by atoms with Crippen molar-refractivity contribution < 1.29 is 60.6 Å². The number of aromatic nitrogens is 5. The van der Waals surface area contributed by atoms with Crippen LogP contribution in [0.1, 0.15) is 114 Å². The van der Waals surface area contributed by atoms with Crippen molar-refractivity contribution in [3.63, 3.8) is 0 Å². The Kier molecular flexibility index (Phi) is 24.0. The van der Waals surface area contributed by atoms with E-state index in [1.165, 1.54) is 27.6 Å². The molecule has 4 unspecified atom stereocenters. The van der Waals surface area contributed by atoms with Gasteiger partial charge in [-0.25, -0.2) is 4.98 Å². The van der Waals surface area contributed by atoms with Crippen LogP contribution in [0.5, 0.6) is 0 Å². The minimum absolute atomic E-state index is 0. The topological polar surface area (TPSA) is 161 Å². The molecule has 5 aromatic carbocycles. The molecule has 4 N–H and O–H groups in total. The second-order valence-electron chi connectivity index (χ2n) is 21.6. The first-order valence-electron chi connectivity index (χ1n) is 25.2. The van der Waals surface area contributed by atoms with Gasteiger partial charge in [-0.3, -0.25) is 9.97 Å². The van der Waals surface area contributed by atoms with Crippen LogP contribution in [-0.2, 0) is 46.8 Å². The third-order valence-electron chi connectivity index (χ3n) is 12.5. The molecular weight excluding hydrogens is 1290 g/mol. The summed E-state index contributed by atoms with van der Waals surface area (Å²) in [6, 6.07) is 39.8. The van der Waals surface area contributed by atoms with Crippen LogP contribution in [0.4, 0.5) is 0 Å². The van der Waals surface area contributed by atoms with Crippen molar-refractivity contribution in [3.05, 3.63) is 155 Å². The summed E-state index contributed by atoms with van der Waals surface area (Å²) in [4.78, 5) is 19.1. The number of nitriles is 1. The number of aryl methyl sites for hydroxylation is 7. The zero-order chi connectivity index (χ0) is 53.9. The number of fused-ring (bicyclic) bond motifs is 3. The van der Waals surface area contributed by atoms with Gasteiger partial charge >= 0.3 is 0 Å². The fraction of sp³-hybridized carbons (Fsp3) is 0.381. The number of hydrogen-bond donors (Lipinski definition) is 4. The van der Waals surface area contributed by atoms with E-state index in [1.54, 1.807) is 20.2 Å². The number of nitrogens with zero attached hydrogens (tertiary/aromatic N) is 6. The molecule has 0 saturated carbocycles. The first-order chi connectivity index (χ1) is 34.3. The Morgan fingerprint density at radius 1 is 0.653 bits per heavy atom. The van der Waals surface area contributed by atoms with Crippen molar-refractivity contribution in [2.24, 2.45) is 10.8 Å². The smallest absolute Gasteiger partial charge is 0.106 e. The van der Waals surface area contributed by atoms with Gasteiger partial charge in [0.2, 0.25) is 0 Å². The van der Waals surface area contributed by atoms with Gasteiger partial charge in [0.1, 0.15) is 6.33 Å². The zero-order valence-corrected chi connectivity index (χ0v) is 51.2. The number of benzene rings is 5. The minimum Gasteiger partial charge on any atom is -0.393 e. The van der Waals surface area contributed by atoms with Gasteiger partial charge in [-0.2, -0.15) is 5.26 Å². The Balaban J connectivity index is 0.000000296. The molecule has 0 saturated heterocycles. The van der Waals surface area contributed by atoms with Crippen molar-refractivity contribution in [3.8, 4) is 51.1 Å². The van der Waals surface area contributed by atoms with Crippen molar-refractivity contribution in [1.82, 2.24) is 24.5 Å². The molecule has 8 rings (SSSR count). The Bertz CT molecular complexity index is 3080. The van der Waals surface area contributed by atoms with Gasteiger partial charge in [0.05, 0.1) is 64.0 Å². The van der Waals surface area contributed by atoms with Crippen LogP contribution in [0.3, 0.4) is 0 Å². The second-order valence-corrected chi connectivity index (χ2v) is 21.6. The standard InChI is InChI=1S/C29H26N3.C18H14N3.C11H24O2.C5H12O2.2Ir/c1-17-7-18(2)10-24(9-17)28-29(25-11-19(3)8-20(4)12-25)32-26(16-31-28)27-21(5)13-23(15-30)14-22(27)6;1-2-21-15-11-7-6-10-14(15)17-18(21)16(19-12-20-17)13-8-4-3-5-9-13;1-10(2,3)8(12)7-9(13)11(4,5)6;1-4(6)3-5(2)7;;/h7-9,11-14,16H,1-6H3;3-8,10-12H,2H2,1H3;8-9,12-13H,7H2,1-6H3;4-7H,3H2,1-2H3;;/q2*-1;;;;. The normalized spacial score (nSPS) is 12.7. The number of hydrogen-bond acceptors (Lipinski definition) is 9. The molecule has 0 amide bonds. The van der Waals surface area contributed by atoms with E-state index in [0.29, 0.717) is 18.4 Å². The largest absolute Gasteiger partial charge is 0.393 e. The maximum absolute atomic E-state index is 9.76. The van der Waals surface area contributed by atoms with Crippen molar-refractivity contribution in [2.75, 3.05) is 0 Å². The van der Waals surface area contributed by atoms with Crippen LogP contribution in [0.2, 0.25) is 0 Å². The van der Waals surface area contributed by atoms with Gasteiger partial charge in [-0.05, 0) is 101 Å². The molecule has 10 nitrogen and oxygen atoms in total. The molecule has 12 heteroatoms. The van der Waals surface area contributed by atoms with Gasteiger partial charge in [0.15, 0.2) is 0 Å². The van der Waals surface area contributed by atoms with Crippen LogP contribution < -0.4 is 0 Å². The van der Waals surface area contributed by atoms with E-state index in [2.05, 4.69) is 122 Å². The van der Waals surface area contributed by atoms with Gasteiger partial charge in [0, 0.05) is 81.7 Å². The van der Waals surface area contributed by atoms with E-state index < -0.39 is 12.2 Å². The van der Waals surface area contributed by atoms with Crippen LogP contribution >= 0.6 is 0 Å². The summed E-state index contributed by atoms with van der Waals surface area (Å²) in [6.07, 6.45) is 2.77. The van der Waals surface area contributed by atoms with Crippen LogP contribution in [0.25, 0.3) is 67.0 Å². The Morgan fingerprint density at radius 2 is 1.23 bits per heavy atom. The van der Waals surface area contributed by atoms with E-state index in [-0.39, 0.29) is 63.2 Å². The molecule has 75 heavy (non-hydrogen) atoms. The molecule has 0 aliphatic carbocycles. The van der Waals surface area contributed by atoms with Crippen LogP contribution in [-0.4, -0.2) is 69.3 Å². The first-order valence-corrected chi connectivity index (χ1v) is 25.2. The maximum Gasteiger partial charge on any atom is 0.106 e. The molecule has 0 aliphatic rings. The molecule has 2 radical (unpaired) electrons. The second kappa shape index (κ2) is 28.2. The van der Waals surface area contributed by atoms with E-state index in [4.69, 9.17) is 20.2 Å². The molecule has 0 spiro atoms. The summed E-state index contributed by atoms with van der Waals surface area (Å²) in [6.45, 7) is 30.6. The average molecular weight is 1370 g/mol. The Hall–Kier alpha value is -5.31. The fourth-order valence-corrected chi connectivity index (χ4v) is 8.81. The summed E-state index contributed by atoms with van der Waals surface area (Å²) in [5.74, 6) is 0. The number of aliphatic hydroxyl groups is 4. The molecule has 8 aromatic rings. The third kappa shape index (κ3) is 17.4. The summed E-state index contributed by atoms with van der Waals surface area (Å²) in [7, 11) is 0. The molecule has 0 aliphatic heterocycles. The van der Waals surface area contributed by atoms with E-state index in [0.717, 1.165) is 79.3 Å². The molecule has 402 valence electrons. The minimum atomic E-state index is -0.443. The quantitative estimate of drug-likeness (QED) is 0.103. The molecule has 0 fully saturated rings. The molecular formula is C63H76Ir2N6O4-2. The van der Waals surface area contributed by atoms with Gasteiger partial charge in [-0.15, -0.1) is 70.8 Å². The Morgan fingerprint density at radius 3 is 1.73 bits per heavy atom. The van der Waals surface area contributed by atoms with Crippen LogP contribution in [0, 0.1) is 75.8 Å². The third-order valence-corrected chi connectivity index (χ3v) is 12.5. The summed E-state index contributed by atoms with van der Waals surface area (Å²) < 4.78 is 2.28. The van der Waals surface area contributed by atoms with Crippen molar-refractivity contribution in [1.29, 1.82) is 5.26 Å². The number of rotatable bonds is 9. The zero-order valence-electron chi connectivity index (χ0n) is 46.4. The summed E-state index contributed by atoms with van der Waals surface area (Å²) >= 11 is 0. The summed E-state index contributed by atoms with van der Waals surface area (Å²) in [5.41, 5.74) is 17.8. The van der Waals surface area contributed by atoms with Crippen LogP contribution in [0.15, 0.2) is 104 Å². The van der Waals surface area contributed by atoms with Gasteiger partial charge in [0.25, 0.3) is 0 Å². The number of aliphatic hydroxyl groups excluding tert-OH is 4. The van der Waals surface area contributed by atoms with E-state index in [1.807, 2.05) is 98.0 Å². The first kappa shape index (κ1) is 64.0. The van der Waals surface area contributed by atoms with E-state index >= 15 is 0 Å². The van der Waals surface area contributed by atoms with E-state index in [9.17, 15) is 15.5 Å². The SMILES string of the molecule is CC(C)(C)C(O)CC(O)C(C)(C)C.CC(O)CC(C)O.CCn1c2ccccc2c2ncnc(-c3[c-]cccc3)c21.Cc1[c-]c(-c2ncc(-c3c(C)cc(C#N)cc3C)nc2-c2cc(C)cc(C)c2)cc(C)c1.[Ir].[Ir]. The Labute approximate surface area is 473 Å². The van der Waals surface area contributed by atoms with Gasteiger partial charge < -0.3 is 30.0 Å². The predicted molar refractivity (Wildman–Crippen MR) is 299 cm³/mol. The summed E-state index contributed by atoms with van der Waals surface area (Å²) in [5, 5.41) is 47.1. The van der Waals surface area contributed by atoms with Crippen molar-refractivity contribution in [2.45, 2.75) is 148 Å². The van der Waals surface area contributed by atoms with Gasteiger partial charge in [-0.1, -0.05) is 103 Å². The molecule has 4 atom stereocenters. The molecule has 0 bridgehead atoms. The monoisotopic (exact) mass is 1370 g/mol. The average Bonchev–Trinajstić information content (AvgIpc) is 3.64. The number of para-hydroxylation sites is 1. The fourth-order valence-electron chi connectivity index (χ4n) is 8.81.